The Kier molecular flexibility index (Phi) is 9.15. The van der Waals surface area contributed by atoms with Crippen LogP contribution in [0.5, 0.6) is 0 Å². The fourth-order valence-electron chi connectivity index (χ4n) is 6.55. The molecule has 1 saturated heterocycles. The van der Waals surface area contributed by atoms with Crippen LogP contribution in [0.4, 0.5) is 0 Å². The Bertz CT molecular complexity index is 1300. The van der Waals surface area contributed by atoms with Crippen molar-refractivity contribution in [2.24, 2.45) is 0 Å². The maximum absolute atomic E-state index is 6.42. The highest BCUT2D eigenvalue weighted by Gasteiger charge is 2.29. The summed E-state index contributed by atoms with van der Waals surface area (Å²) in [6.07, 6.45) is 3.51. The molecule has 0 amide bonds. The van der Waals surface area contributed by atoms with Gasteiger partial charge >= 0.3 is 0 Å². The van der Waals surface area contributed by atoms with Crippen LogP contribution in [-0.4, -0.2) is 54.0 Å². The second kappa shape index (κ2) is 12.8. The van der Waals surface area contributed by atoms with Gasteiger partial charge in [-0.1, -0.05) is 89.5 Å². The van der Waals surface area contributed by atoms with Gasteiger partial charge in [0.2, 0.25) is 0 Å². The average molecular weight is 554 g/mol. The van der Waals surface area contributed by atoms with Crippen LogP contribution in [0, 0.1) is 13.8 Å². The van der Waals surface area contributed by atoms with Crippen molar-refractivity contribution < 1.29 is 0 Å². The summed E-state index contributed by atoms with van der Waals surface area (Å²) in [7, 11) is 0. The highest BCUT2D eigenvalue weighted by atomic mass is 35.5. The van der Waals surface area contributed by atoms with Gasteiger partial charge in [0.15, 0.2) is 0 Å². The minimum atomic E-state index is 0.287. The van der Waals surface area contributed by atoms with Gasteiger partial charge in [-0.3, -0.25) is 4.90 Å². The van der Waals surface area contributed by atoms with Crippen LogP contribution in [0.1, 0.15) is 67.0 Å². The number of benzene rings is 3. The zero-order valence-corrected chi connectivity index (χ0v) is 25.6. The maximum atomic E-state index is 6.42. The van der Waals surface area contributed by atoms with E-state index in [1.54, 1.807) is 0 Å². The monoisotopic (exact) mass is 553 g/mol. The van der Waals surface area contributed by atoms with Crippen molar-refractivity contribution in [1.29, 1.82) is 0 Å². The first-order chi connectivity index (χ1) is 19.3. The van der Waals surface area contributed by atoms with Crippen LogP contribution in [0.2, 0.25) is 5.02 Å². The molecule has 1 unspecified atom stereocenters. The summed E-state index contributed by atoms with van der Waals surface area (Å²) in [5.74, 6) is 0.287. The molecule has 0 N–H and O–H groups in total. The zero-order valence-electron chi connectivity index (χ0n) is 24.8. The molecule has 40 heavy (non-hydrogen) atoms. The molecule has 3 aromatic rings. The number of hydrogen-bond acceptors (Lipinski definition) is 3. The van der Waals surface area contributed by atoms with Crippen molar-refractivity contribution in [3.63, 3.8) is 0 Å². The molecule has 0 aromatic heterocycles. The Balaban J connectivity index is 1.30. The number of nitrogens with zero attached hydrogens (tertiary/aromatic N) is 3. The molecule has 2 aliphatic rings. The van der Waals surface area contributed by atoms with E-state index in [1.165, 1.54) is 44.8 Å². The van der Waals surface area contributed by atoms with E-state index in [2.05, 4.69) is 122 Å². The Hall–Kier alpha value is -2.85. The Labute approximate surface area is 246 Å². The van der Waals surface area contributed by atoms with Gasteiger partial charge in [0.1, 0.15) is 0 Å². The molecule has 2 heterocycles. The quantitative estimate of drug-likeness (QED) is 0.277. The lowest BCUT2D eigenvalue weighted by molar-refractivity contribution is 0.110. The van der Waals surface area contributed by atoms with Crippen molar-refractivity contribution in [3.05, 3.63) is 129 Å². The fraction of sp³-hybridized carbons (Fsp3) is 0.389. The number of halogens is 1. The lowest BCUT2D eigenvalue weighted by atomic mass is 9.84. The van der Waals surface area contributed by atoms with Gasteiger partial charge in [-0.05, 0) is 75.4 Å². The van der Waals surface area contributed by atoms with E-state index >= 15 is 0 Å². The van der Waals surface area contributed by atoms with Gasteiger partial charge in [0.05, 0.1) is 6.04 Å². The summed E-state index contributed by atoms with van der Waals surface area (Å²) in [5, 5.41) is 0.811. The summed E-state index contributed by atoms with van der Waals surface area (Å²) in [6.45, 7) is 17.5. The van der Waals surface area contributed by atoms with Crippen LogP contribution in [0.3, 0.4) is 0 Å². The third-order valence-corrected chi connectivity index (χ3v) is 9.09. The largest absolute Gasteiger partial charge is 0.350 e. The molecule has 3 nitrogen and oxygen atoms in total. The highest BCUT2D eigenvalue weighted by molar-refractivity contribution is 6.30. The minimum Gasteiger partial charge on any atom is -0.350 e. The van der Waals surface area contributed by atoms with Crippen LogP contribution < -0.4 is 0 Å². The fourth-order valence-corrected chi connectivity index (χ4v) is 6.75. The van der Waals surface area contributed by atoms with Crippen molar-refractivity contribution in [2.75, 3.05) is 39.3 Å². The summed E-state index contributed by atoms with van der Waals surface area (Å²) < 4.78 is 0. The molecular weight excluding hydrogens is 510 g/mol. The molecule has 0 saturated carbocycles. The molecule has 0 bridgehead atoms. The predicted molar refractivity (Wildman–Crippen MR) is 170 cm³/mol. The van der Waals surface area contributed by atoms with E-state index in [4.69, 9.17) is 11.6 Å². The second-order valence-electron chi connectivity index (χ2n) is 11.5. The third-order valence-electron chi connectivity index (χ3n) is 8.86. The van der Waals surface area contributed by atoms with Crippen LogP contribution in [0.15, 0.2) is 95.8 Å². The number of rotatable bonds is 8. The van der Waals surface area contributed by atoms with E-state index in [9.17, 15) is 0 Å². The number of allylic oxidation sites excluding steroid dienone is 3. The molecule has 4 heteroatoms. The van der Waals surface area contributed by atoms with Gasteiger partial charge in [-0.2, -0.15) is 0 Å². The van der Waals surface area contributed by atoms with E-state index in [0.717, 1.165) is 50.7 Å². The predicted octanol–water partition coefficient (Wildman–Crippen LogP) is 8.35. The first kappa shape index (κ1) is 28.7. The zero-order chi connectivity index (χ0) is 28.2. The first-order valence-corrected chi connectivity index (χ1v) is 15.2. The number of piperazine rings is 1. The summed E-state index contributed by atoms with van der Waals surface area (Å²) in [4.78, 5) is 7.80. The second-order valence-corrected chi connectivity index (χ2v) is 12.0. The lowest BCUT2D eigenvalue weighted by Gasteiger charge is -2.41. The standard InChI is InChI=1S/C36H44ClN3/c1-6-40-28(4)24-35(32-8-7-9-33(37)25-32)34(29(40)5)18-19-38-20-22-39(23-21-38)36(30-14-10-26(2)11-15-30)31-16-12-27(3)13-17-31/h7-17,24-25,35-36H,6,18-23H2,1-5H3. The topological polar surface area (TPSA) is 9.72 Å². The van der Waals surface area contributed by atoms with Crippen LogP contribution in [0.25, 0.3) is 0 Å². The van der Waals surface area contributed by atoms with Gasteiger partial charge in [-0.25, -0.2) is 0 Å². The summed E-state index contributed by atoms with van der Waals surface area (Å²) >= 11 is 6.42. The number of hydrogen-bond donors (Lipinski definition) is 0. The molecule has 0 aliphatic carbocycles. The average Bonchev–Trinajstić information content (AvgIpc) is 2.95. The molecule has 1 atom stereocenters. The van der Waals surface area contributed by atoms with E-state index in [1.807, 2.05) is 6.07 Å². The molecule has 210 valence electrons. The first-order valence-electron chi connectivity index (χ1n) is 14.8. The van der Waals surface area contributed by atoms with Gasteiger partial charge in [0.25, 0.3) is 0 Å². The highest BCUT2D eigenvalue weighted by Crippen LogP contribution is 2.39. The lowest BCUT2D eigenvalue weighted by Crippen LogP contribution is -2.48. The van der Waals surface area contributed by atoms with Crippen molar-refractivity contribution >= 4 is 11.6 Å². The SMILES string of the molecule is CCN1C(C)=CC(c2cccc(Cl)c2)C(CCN2CCN(C(c3ccc(C)cc3)c3ccc(C)cc3)CC2)=C1C. The van der Waals surface area contributed by atoms with Crippen LogP contribution in [-0.2, 0) is 0 Å². The van der Waals surface area contributed by atoms with Gasteiger partial charge < -0.3 is 9.80 Å². The van der Waals surface area contributed by atoms with Crippen molar-refractivity contribution in [3.8, 4) is 0 Å². The summed E-state index contributed by atoms with van der Waals surface area (Å²) in [5.41, 5.74) is 11.0. The molecular formula is C36H44ClN3. The van der Waals surface area contributed by atoms with Gasteiger partial charge in [0, 0.05) is 61.6 Å². The van der Waals surface area contributed by atoms with Crippen LogP contribution >= 0.6 is 11.6 Å². The maximum Gasteiger partial charge on any atom is 0.0602 e. The number of aryl methyl sites for hydroxylation is 2. The molecule has 0 radical (unpaired) electrons. The normalized spacial score (nSPS) is 18.9. The van der Waals surface area contributed by atoms with Crippen molar-refractivity contribution in [1.82, 2.24) is 14.7 Å². The minimum absolute atomic E-state index is 0.287. The Morgan fingerprint density at radius 3 is 1.95 bits per heavy atom. The summed E-state index contributed by atoms with van der Waals surface area (Å²) in [6, 6.07) is 27.0. The Morgan fingerprint density at radius 2 is 1.40 bits per heavy atom. The molecule has 3 aromatic carbocycles. The molecule has 2 aliphatic heterocycles. The van der Waals surface area contributed by atoms with E-state index in [-0.39, 0.29) is 5.92 Å². The van der Waals surface area contributed by atoms with Crippen molar-refractivity contribution in [2.45, 2.75) is 53.0 Å². The third kappa shape index (κ3) is 6.38. The Morgan fingerprint density at radius 1 is 0.800 bits per heavy atom. The van der Waals surface area contributed by atoms with E-state index in [0.29, 0.717) is 6.04 Å². The van der Waals surface area contributed by atoms with E-state index < -0.39 is 0 Å². The molecule has 0 spiro atoms. The molecule has 1 fully saturated rings. The smallest absolute Gasteiger partial charge is 0.0602 e. The van der Waals surface area contributed by atoms with Gasteiger partial charge in [-0.15, -0.1) is 0 Å². The molecule has 5 rings (SSSR count).